The quantitative estimate of drug-likeness (QED) is 0.369. The van der Waals surface area contributed by atoms with E-state index in [1.807, 2.05) is 50.2 Å². The van der Waals surface area contributed by atoms with Crippen molar-refractivity contribution in [1.29, 1.82) is 0 Å². The molecule has 9 heteroatoms. The van der Waals surface area contributed by atoms with Crippen LogP contribution >= 0.6 is 11.6 Å². The van der Waals surface area contributed by atoms with Gasteiger partial charge in [0.2, 0.25) is 0 Å². The van der Waals surface area contributed by atoms with Crippen LogP contribution in [-0.2, 0) is 14.8 Å². The Labute approximate surface area is 205 Å². The molecular formula is C25H27ClN4O3S. The van der Waals surface area contributed by atoms with E-state index in [1.54, 1.807) is 37.3 Å². The smallest absolute Gasteiger partial charge is 0.264 e. The van der Waals surface area contributed by atoms with Crippen LogP contribution in [0.1, 0.15) is 16.7 Å². The number of anilines is 2. The lowest BCUT2D eigenvalue weighted by Gasteiger charge is -2.25. The summed E-state index contributed by atoms with van der Waals surface area (Å²) in [5.41, 5.74) is 6.17. The molecule has 3 aromatic rings. The number of hydrazone groups is 1. The standard InChI is InChI=1S/C25H27ClN4O3S/c1-18-5-12-23(13-6-18)34(32,33)30(24-14-9-21(26)15-19(24)2)17-25(31)28-27-16-20-7-10-22(11-8-20)29(3)4/h5-16H,17H2,1-4H3,(H,28,31)/b27-16-. The van der Waals surface area contributed by atoms with Crippen molar-refractivity contribution in [3.63, 3.8) is 0 Å². The summed E-state index contributed by atoms with van der Waals surface area (Å²) in [6.45, 7) is 3.17. The fraction of sp³-hybridized carbons (Fsp3) is 0.200. The molecule has 3 rings (SSSR count). The zero-order valence-corrected chi connectivity index (χ0v) is 21.1. The lowest BCUT2D eigenvalue weighted by molar-refractivity contribution is -0.119. The van der Waals surface area contributed by atoms with Crippen molar-refractivity contribution in [1.82, 2.24) is 5.43 Å². The molecule has 0 fully saturated rings. The third-order valence-corrected chi connectivity index (χ3v) is 7.15. The first-order valence-electron chi connectivity index (χ1n) is 10.5. The second-order valence-corrected chi connectivity index (χ2v) is 10.3. The summed E-state index contributed by atoms with van der Waals surface area (Å²) in [7, 11) is -0.125. The average Bonchev–Trinajstić information content (AvgIpc) is 2.78. The van der Waals surface area contributed by atoms with Crippen LogP contribution in [0.2, 0.25) is 5.02 Å². The third kappa shape index (κ3) is 6.15. The van der Waals surface area contributed by atoms with E-state index in [1.165, 1.54) is 18.3 Å². The molecule has 34 heavy (non-hydrogen) atoms. The summed E-state index contributed by atoms with van der Waals surface area (Å²) < 4.78 is 28.0. The zero-order valence-electron chi connectivity index (χ0n) is 19.5. The van der Waals surface area contributed by atoms with Gasteiger partial charge < -0.3 is 4.90 Å². The molecule has 0 aromatic heterocycles. The second-order valence-electron chi connectivity index (χ2n) is 8.03. The monoisotopic (exact) mass is 498 g/mol. The number of aryl methyl sites for hydroxylation is 2. The predicted molar refractivity (Wildman–Crippen MR) is 138 cm³/mol. The van der Waals surface area contributed by atoms with E-state index in [0.717, 1.165) is 21.1 Å². The zero-order chi connectivity index (χ0) is 24.9. The van der Waals surface area contributed by atoms with Gasteiger partial charge in [-0.05, 0) is 67.4 Å². The van der Waals surface area contributed by atoms with Crippen LogP contribution in [0, 0.1) is 13.8 Å². The van der Waals surface area contributed by atoms with E-state index < -0.39 is 22.5 Å². The van der Waals surface area contributed by atoms with Gasteiger partial charge in [0.15, 0.2) is 0 Å². The van der Waals surface area contributed by atoms with Crippen molar-refractivity contribution >= 4 is 45.1 Å². The van der Waals surface area contributed by atoms with E-state index in [4.69, 9.17) is 11.6 Å². The lowest BCUT2D eigenvalue weighted by atomic mass is 10.2. The minimum Gasteiger partial charge on any atom is -0.378 e. The number of halogens is 1. The Bertz CT molecular complexity index is 1290. The largest absolute Gasteiger partial charge is 0.378 e. The summed E-state index contributed by atoms with van der Waals surface area (Å²) in [4.78, 5) is 14.8. The van der Waals surface area contributed by atoms with E-state index in [2.05, 4.69) is 10.5 Å². The van der Waals surface area contributed by atoms with Gasteiger partial charge in [-0.2, -0.15) is 5.10 Å². The lowest BCUT2D eigenvalue weighted by Crippen LogP contribution is -2.40. The van der Waals surface area contributed by atoms with Crippen molar-refractivity contribution in [2.24, 2.45) is 5.10 Å². The molecule has 0 atom stereocenters. The van der Waals surface area contributed by atoms with Crippen molar-refractivity contribution in [2.45, 2.75) is 18.7 Å². The van der Waals surface area contributed by atoms with E-state index in [-0.39, 0.29) is 4.90 Å². The molecule has 178 valence electrons. The molecule has 7 nitrogen and oxygen atoms in total. The summed E-state index contributed by atoms with van der Waals surface area (Å²) in [6.07, 6.45) is 1.50. The summed E-state index contributed by atoms with van der Waals surface area (Å²) in [5.74, 6) is -0.578. The van der Waals surface area contributed by atoms with Crippen LogP contribution in [0.3, 0.4) is 0 Å². The first kappa shape index (κ1) is 25.3. The number of hydrogen-bond donors (Lipinski definition) is 1. The molecule has 0 bridgehead atoms. The van der Waals surface area contributed by atoms with Crippen molar-refractivity contribution < 1.29 is 13.2 Å². The first-order chi connectivity index (χ1) is 16.1. The Morgan fingerprint density at radius 2 is 1.65 bits per heavy atom. The first-order valence-corrected chi connectivity index (χ1v) is 12.3. The highest BCUT2D eigenvalue weighted by Gasteiger charge is 2.28. The van der Waals surface area contributed by atoms with Gasteiger partial charge in [-0.25, -0.2) is 13.8 Å². The van der Waals surface area contributed by atoms with Gasteiger partial charge >= 0.3 is 0 Å². The number of benzene rings is 3. The second kappa shape index (κ2) is 10.7. The predicted octanol–water partition coefficient (Wildman–Crippen LogP) is 4.37. The molecule has 0 heterocycles. The summed E-state index contributed by atoms with van der Waals surface area (Å²) in [5, 5.41) is 4.46. The van der Waals surface area contributed by atoms with Crippen molar-refractivity contribution in [3.8, 4) is 0 Å². The number of nitrogens with zero attached hydrogens (tertiary/aromatic N) is 3. The molecule has 3 aromatic carbocycles. The normalized spacial score (nSPS) is 11.4. The highest BCUT2D eigenvalue weighted by atomic mass is 35.5. The minimum absolute atomic E-state index is 0.0877. The van der Waals surface area contributed by atoms with Gasteiger partial charge in [0.1, 0.15) is 6.54 Å². The van der Waals surface area contributed by atoms with E-state index in [0.29, 0.717) is 16.3 Å². The van der Waals surface area contributed by atoms with E-state index in [9.17, 15) is 13.2 Å². The van der Waals surface area contributed by atoms with Gasteiger partial charge in [0.05, 0.1) is 16.8 Å². The summed E-state index contributed by atoms with van der Waals surface area (Å²) in [6, 6.07) is 18.9. The molecule has 0 aliphatic heterocycles. The van der Waals surface area contributed by atoms with Gasteiger partial charge in [0.25, 0.3) is 15.9 Å². The number of amides is 1. The molecule has 0 unspecified atom stereocenters. The van der Waals surface area contributed by atoms with Crippen LogP contribution in [0.25, 0.3) is 0 Å². The minimum atomic E-state index is -4.02. The maximum Gasteiger partial charge on any atom is 0.264 e. The number of rotatable bonds is 8. The summed E-state index contributed by atoms with van der Waals surface area (Å²) >= 11 is 6.06. The number of hydrogen-bond acceptors (Lipinski definition) is 5. The van der Waals surface area contributed by atoms with Crippen molar-refractivity contribution in [3.05, 3.63) is 88.4 Å². The fourth-order valence-corrected chi connectivity index (χ4v) is 4.95. The molecule has 0 aliphatic carbocycles. The van der Waals surface area contributed by atoms with Crippen LogP contribution in [0.5, 0.6) is 0 Å². The van der Waals surface area contributed by atoms with Gasteiger partial charge in [-0.1, -0.05) is 41.4 Å². The maximum absolute atomic E-state index is 13.5. The maximum atomic E-state index is 13.5. The van der Waals surface area contributed by atoms with Crippen molar-refractivity contribution in [2.75, 3.05) is 29.8 Å². The molecule has 0 saturated carbocycles. The Morgan fingerprint density at radius 3 is 2.24 bits per heavy atom. The Hall–Kier alpha value is -3.36. The Morgan fingerprint density at radius 1 is 1.00 bits per heavy atom. The SMILES string of the molecule is Cc1ccc(S(=O)(=O)N(CC(=O)N/N=C\c2ccc(N(C)C)cc2)c2ccc(Cl)cc2C)cc1. The average molecular weight is 499 g/mol. The van der Waals surface area contributed by atoms with Crippen LogP contribution in [0.4, 0.5) is 11.4 Å². The van der Waals surface area contributed by atoms with Crippen LogP contribution < -0.4 is 14.6 Å². The topological polar surface area (TPSA) is 82.1 Å². The highest BCUT2D eigenvalue weighted by molar-refractivity contribution is 7.92. The van der Waals surface area contributed by atoms with E-state index >= 15 is 0 Å². The number of nitrogens with one attached hydrogen (secondary N) is 1. The number of carbonyl (C=O) groups excluding carboxylic acids is 1. The fourth-order valence-electron chi connectivity index (χ4n) is 3.24. The Kier molecular flexibility index (Phi) is 7.96. The van der Waals surface area contributed by atoms with Crippen LogP contribution in [0.15, 0.2) is 76.7 Å². The molecule has 1 amide bonds. The molecule has 1 N–H and O–H groups in total. The van der Waals surface area contributed by atoms with Gasteiger partial charge in [-0.15, -0.1) is 0 Å². The van der Waals surface area contributed by atoms with Gasteiger partial charge in [0, 0.05) is 24.8 Å². The molecule has 0 radical (unpaired) electrons. The number of sulfonamides is 1. The Balaban J connectivity index is 1.83. The molecule has 0 aliphatic rings. The van der Waals surface area contributed by atoms with Crippen LogP contribution in [-0.4, -0.2) is 41.2 Å². The van der Waals surface area contributed by atoms with Gasteiger partial charge in [-0.3, -0.25) is 9.10 Å². The highest BCUT2D eigenvalue weighted by Crippen LogP contribution is 2.29. The molecular weight excluding hydrogens is 472 g/mol. The third-order valence-electron chi connectivity index (χ3n) is 5.14. The molecule has 0 saturated heterocycles. The number of carbonyl (C=O) groups is 1. The molecule has 0 spiro atoms.